The SMILES string of the molecule is CN(CCN1CCOCC1)C(=O)c1cc2ccc(-c3nccc(Nc4ccc(-c5cn[nH]c5)cc4)n3)cc2[nH]1. The summed E-state index contributed by atoms with van der Waals surface area (Å²) in [7, 11) is 1.84. The second kappa shape index (κ2) is 11.1. The summed E-state index contributed by atoms with van der Waals surface area (Å²) in [4.78, 5) is 29.6. The number of hydrogen-bond acceptors (Lipinski definition) is 7. The van der Waals surface area contributed by atoms with Crippen molar-refractivity contribution in [1.82, 2.24) is 34.9 Å². The normalized spacial score (nSPS) is 14.0. The Kier molecular flexibility index (Phi) is 7.03. The Balaban J connectivity index is 1.14. The predicted molar refractivity (Wildman–Crippen MR) is 151 cm³/mol. The number of carbonyl (C=O) groups is 1. The van der Waals surface area contributed by atoms with E-state index in [4.69, 9.17) is 9.72 Å². The number of aromatic nitrogens is 5. The molecule has 0 bridgehead atoms. The third-order valence-corrected chi connectivity index (χ3v) is 6.96. The van der Waals surface area contributed by atoms with Gasteiger partial charge in [-0.05, 0) is 35.9 Å². The number of nitrogens with one attached hydrogen (secondary N) is 3. The van der Waals surface area contributed by atoms with E-state index in [0.717, 1.165) is 66.1 Å². The Labute approximate surface area is 226 Å². The summed E-state index contributed by atoms with van der Waals surface area (Å²) in [6.45, 7) is 4.84. The van der Waals surface area contributed by atoms with Gasteiger partial charge in [-0.15, -0.1) is 0 Å². The van der Waals surface area contributed by atoms with Crippen LogP contribution in [0.5, 0.6) is 0 Å². The van der Waals surface area contributed by atoms with Crippen LogP contribution < -0.4 is 5.32 Å². The molecule has 4 heterocycles. The fraction of sp³-hybridized carbons (Fsp3) is 0.241. The zero-order valence-electron chi connectivity index (χ0n) is 21.7. The summed E-state index contributed by atoms with van der Waals surface area (Å²) in [6, 6.07) is 17.8. The van der Waals surface area contributed by atoms with Crippen LogP contribution in [0, 0.1) is 0 Å². The number of morpholine rings is 1. The summed E-state index contributed by atoms with van der Waals surface area (Å²) in [5.41, 5.74) is 5.35. The summed E-state index contributed by atoms with van der Waals surface area (Å²) in [6.07, 6.45) is 5.40. The van der Waals surface area contributed by atoms with E-state index in [0.29, 0.717) is 23.9 Å². The number of amides is 1. The summed E-state index contributed by atoms with van der Waals surface area (Å²) in [5.74, 6) is 1.27. The van der Waals surface area contributed by atoms with E-state index in [9.17, 15) is 4.79 Å². The topological polar surface area (TPSA) is 115 Å². The highest BCUT2D eigenvalue weighted by Gasteiger charge is 2.17. The number of nitrogens with zero attached hydrogens (tertiary/aromatic N) is 5. The lowest BCUT2D eigenvalue weighted by Crippen LogP contribution is -2.42. The van der Waals surface area contributed by atoms with Crippen LogP contribution in [0.4, 0.5) is 11.5 Å². The van der Waals surface area contributed by atoms with Gasteiger partial charge in [0.2, 0.25) is 0 Å². The molecule has 6 rings (SSSR count). The van der Waals surface area contributed by atoms with Crippen molar-refractivity contribution in [2.75, 3.05) is 51.8 Å². The third kappa shape index (κ3) is 5.66. The average molecular weight is 523 g/mol. The quantitative estimate of drug-likeness (QED) is 0.280. The number of hydrogen-bond donors (Lipinski definition) is 3. The standard InChI is InChI=1S/C29H30N8O2/c1-36(10-11-37-12-14-39-15-13-37)29(38)26-16-21-2-3-22(17-25(21)34-26)28-30-9-8-27(35-28)33-24-6-4-20(5-7-24)23-18-31-32-19-23/h2-9,16-19,34H,10-15H2,1H3,(H,31,32)(H,30,33,35). The van der Waals surface area contributed by atoms with Crippen molar-refractivity contribution in [2.45, 2.75) is 0 Å². The molecule has 1 fully saturated rings. The average Bonchev–Trinajstić information content (AvgIpc) is 3.67. The third-order valence-electron chi connectivity index (χ3n) is 6.96. The van der Waals surface area contributed by atoms with Crippen LogP contribution in [-0.4, -0.2) is 87.3 Å². The first-order chi connectivity index (χ1) is 19.1. The molecule has 1 aliphatic heterocycles. The Morgan fingerprint density at radius 1 is 1.05 bits per heavy atom. The smallest absolute Gasteiger partial charge is 0.270 e. The van der Waals surface area contributed by atoms with E-state index in [1.807, 2.05) is 67.8 Å². The van der Waals surface area contributed by atoms with Crippen molar-refractivity contribution in [2.24, 2.45) is 0 Å². The minimum absolute atomic E-state index is 0.0257. The minimum Gasteiger partial charge on any atom is -0.379 e. The lowest BCUT2D eigenvalue weighted by Gasteiger charge is -2.28. The van der Waals surface area contributed by atoms with Gasteiger partial charge in [-0.25, -0.2) is 9.97 Å². The summed E-state index contributed by atoms with van der Waals surface area (Å²) < 4.78 is 5.40. The number of aromatic amines is 2. The van der Waals surface area contributed by atoms with E-state index in [1.54, 1.807) is 17.3 Å². The molecular formula is C29H30N8O2. The number of fused-ring (bicyclic) bond motifs is 1. The van der Waals surface area contributed by atoms with Gasteiger partial charge in [-0.2, -0.15) is 5.10 Å². The maximum atomic E-state index is 13.1. The van der Waals surface area contributed by atoms with Crippen molar-refractivity contribution in [3.8, 4) is 22.5 Å². The highest BCUT2D eigenvalue weighted by molar-refractivity contribution is 5.98. The highest BCUT2D eigenvalue weighted by Crippen LogP contribution is 2.25. The van der Waals surface area contributed by atoms with Gasteiger partial charge in [0.25, 0.3) is 5.91 Å². The molecule has 198 valence electrons. The van der Waals surface area contributed by atoms with Gasteiger partial charge in [0, 0.05) is 73.3 Å². The van der Waals surface area contributed by atoms with Crippen LogP contribution in [0.2, 0.25) is 0 Å². The zero-order chi connectivity index (χ0) is 26.6. The number of rotatable bonds is 8. The lowest BCUT2D eigenvalue weighted by atomic mass is 10.1. The molecular weight excluding hydrogens is 492 g/mol. The van der Waals surface area contributed by atoms with Crippen LogP contribution in [0.25, 0.3) is 33.4 Å². The molecule has 0 spiro atoms. The monoisotopic (exact) mass is 522 g/mol. The van der Waals surface area contributed by atoms with Crippen LogP contribution in [-0.2, 0) is 4.74 Å². The Hall–Kier alpha value is -4.54. The summed E-state index contributed by atoms with van der Waals surface area (Å²) in [5, 5.41) is 11.2. The second-order valence-electron chi connectivity index (χ2n) is 9.62. The van der Waals surface area contributed by atoms with Crippen molar-refractivity contribution in [1.29, 1.82) is 0 Å². The lowest BCUT2D eigenvalue weighted by molar-refractivity contribution is 0.0338. The van der Waals surface area contributed by atoms with E-state index in [1.165, 1.54) is 0 Å². The van der Waals surface area contributed by atoms with E-state index in [-0.39, 0.29) is 5.91 Å². The molecule has 0 atom stereocenters. The van der Waals surface area contributed by atoms with Crippen molar-refractivity contribution in [3.63, 3.8) is 0 Å². The molecule has 3 N–H and O–H groups in total. The molecule has 5 aromatic rings. The summed E-state index contributed by atoms with van der Waals surface area (Å²) >= 11 is 0. The van der Waals surface area contributed by atoms with E-state index in [2.05, 4.69) is 30.4 Å². The fourth-order valence-electron chi connectivity index (χ4n) is 4.67. The van der Waals surface area contributed by atoms with Gasteiger partial charge in [0.1, 0.15) is 11.5 Å². The molecule has 39 heavy (non-hydrogen) atoms. The number of H-pyrrole nitrogens is 2. The first kappa shape index (κ1) is 24.8. The van der Waals surface area contributed by atoms with Gasteiger partial charge < -0.3 is 19.9 Å². The predicted octanol–water partition coefficient (Wildman–Crippen LogP) is 4.16. The number of carbonyl (C=O) groups excluding carboxylic acids is 1. The fourth-order valence-corrected chi connectivity index (χ4v) is 4.67. The van der Waals surface area contributed by atoms with Crippen LogP contribution in [0.3, 0.4) is 0 Å². The number of likely N-dealkylation sites (N-methyl/N-ethyl adjacent to an activating group) is 1. The van der Waals surface area contributed by atoms with Crippen molar-refractivity contribution >= 4 is 28.3 Å². The van der Waals surface area contributed by atoms with Gasteiger partial charge in [-0.1, -0.05) is 24.3 Å². The van der Waals surface area contributed by atoms with Gasteiger partial charge >= 0.3 is 0 Å². The van der Waals surface area contributed by atoms with Crippen LogP contribution in [0.1, 0.15) is 10.5 Å². The molecule has 1 amide bonds. The molecule has 1 aliphatic rings. The number of benzene rings is 2. The van der Waals surface area contributed by atoms with E-state index >= 15 is 0 Å². The highest BCUT2D eigenvalue weighted by atomic mass is 16.5. The molecule has 0 radical (unpaired) electrons. The maximum Gasteiger partial charge on any atom is 0.270 e. The van der Waals surface area contributed by atoms with Crippen molar-refractivity contribution < 1.29 is 9.53 Å². The Morgan fingerprint density at radius 3 is 2.67 bits per heavy atom. The second-order valence-corrected chi connectivity index (χ2v) is 9.62. The van der Waals surface area contributed by atoms with E-state index < -0.39 is 0 Å². The molecule has 10 nitrogen and oxygen atoms in total. The molecule has 0 saturated carbocycles. The van der Waals surface area contributed by atoms with Gasteiger partial charge in [-0.3, -0.25) is 14.8 Å². The van der Waals surface area contributed by atoms with Crippen molar-refractivity contribution in [3.05, 3.63) is 78.9 Å². The largest absolute Gasteiger partial charge is 0.379 e. The molecule has 10 heteroatoms. The first-order valence-corrected chi connectivity index (χ1v) is 13.0. The molecule has 2 aromatic carbocycles. The Morgan fingerprint density at radius 2 is 1.87 bits per heavy atom. The molecule has 0 unspecified atom stereocenters. The minimum atomic E-state index is -0.0257. The van der Waals surface area contributed by atoms with Gasteiger partial charge in [0.15, 0.2) is 5.82 Å². The van der Waals surface area contributed by atoms with Gasteiger partial charge in [0.05, 0.1) is 19.4 Å². The molecule has 1 saturated heterocycles. The zero-order valence-corrected chi connectivity index (χ0v) is 21.7. The maximum absolute atomic E-state index is 13.1. The van der Waals surface area contributed by atoms with Crippen LogP contribution >= 0.6 is 0 Å². The molecule has 0 aliphatic carbocycles. The Bertz CT molecular complexity index is 1560. The first-order valence-electron chi connectivity index (χ1n) is 13.0. The molecule has 3 aromatic heterocycles. The van der Waals surface area contributed by atoms with Crippen LogP contribution in [0.15, 0.2) is 73.2 Å². The number of anilines is 2. The number of ether oxygens (including phenoxy) is 1.